The van der Waals surface area contributed by atoms with Crippen molar-refractivity contribution in [3.63, 3.8) is 0 Å². The Morgan fingerprint density at radius 2 is 2.20 bits per heavy atom. The topological polar surface area (TPSA) is 0 Å². The molecule has 30 valence electrons. The van der Waals surface area contributed by atoms with Gasteiger partial charge < -0.3 is 0 Å². The zero-order valence-corrected chi connectivity index (χ0v) is 4.55. The van der Waals surface area contributed by atoms with Gasteiger partial charge in [-0.05, 0) is 15.9 Å². The van der Waals surface area contributed by atoms with E-state index in [2.05, 4.69) is 15.9 Å². The minimum absolute atomic E-state index is 0.00231. The van der Waals surface area contributed by atoms with Crippen molar-refractivity contribution in [3.05, 3.63) is 10.3 Å². The normalized spacial score (nSPS) is 12.2. The molecule has 0 saturated heterocycles. The first-order valence-electron chi connectivity index (χ1n) is 0.885. The molecular formula is C2HBrClF. The van der Waals surface area contributed by atoms with E-state index >= 15 is 0 Å². The average Bonchev–Trinajstić information content (AvgIpc) is 1.38. The van der Waals surface area contributed by atoms with Crippen molar-refractivity contribution in [2.75, 3.05) is 0 Å². The van der Waals surface area contributed by atoms with Gasteiger partial charge in [-0.25, -0.2) is 4.39 Å². The van der Waals surface area contributed by atoms with Crippen LogP contribution in [0, 0.1) is 0 Å². The maximum atomic E-state index is 10.8. The van der Waals surface area contributed by atoms with Crippen molar-refractivity contribution in [1.29, 1.82) is 0 Å². The summed E-state index contributed by atoms with van der Waals surface area (Å²) >= 11 is 7.49. The van der Waals surface area contributed by atoms with Crippen LogP contribution in [0.5, 0.6) is 0 Å². The Morgan fingerprint density at radius 1 is 2.00 bits per heavy atom. The summed E-state index contributed by atoms with van der Waals surface area (Å²) in [6, 6.07) is 0. The lowest BCUT2D eigenvalue weighted by Gasteiger charge is -1.63. The SMILES string of the molecule is F/C=C(/Cl)Br. The standard InChI is InChI=1S/C2HBrClF/c3-2(4)1-5/h1H/b2-1+. The third-order valence-electron chi connectivity index (χ3n) is 0.0825. The van der Waals surface area contributed by atoms with E-state index in [9.17, 15) is 4.39 Å². The largest absolute Gasteiger partial charge is 0.213 e. The molecule has 0 aliphatic heterocycles. The van der Waals surface area contributed by atoms with E-state index in [1.54, 1.807) is 0 Å². The molecule has 0 unspecified atom stereocenters. The fraction of sp³-hybridized carbons (Fsp3) is 0. The third kappa shape index (κ3) is 4.44. The maximum Gasteiger partial charge on any atom is 0.112 e. The molecule has 0 radical (unpaired) electrons. The fourth-order valence-electron chi connectivity index (χ4n) is 0. The minimum Gasteiger partial charge on any atom is -0.213 e. The second-order valence-corrected chi connectivity index (χ2v) is 2.12. The monoisotopic (exact) mass is 158 g/mol. The molecule has 0 fully saturated rings. The van der Waals surface area contributed by atoms with Gasteiger partial charge in [-0.1, -0.05) is 11.6 Å². The van der Waals surface area contributed by atoms with E-state index in [-0.39, 0.29) is 10.3 Å². The lowest BCUT2D eigenvalue weighted by atomic mass is 11.2. The highest BCUT2D eigenvalue weighted by Gasteiger charge is 1.71. The van der Waals surface area contributed by atoms with Crippen molar-refractivity contribution >= 4 is 27.5 Å². The molecule has 0 aromatic heterocycles. The molecule has 3 heteroatoms. The first-order chi connectivity index (χ1) is 2.27. The Balaban J connectivity index is 3.14. The van der Waals surface area contributed by atoms with Gasteiger partial charge in [0, 0.05) is 0 Å². The molecule has 0 atom stereocenters. The molecule has 0 bridgehead atoms. The second kappa shape index (κ2) is 2.67. The summed E-state index contributed by atoms with van der Waals surface area (Å²) < 4.78 is 10.8. The summed E-state index contributed by atoms with van der Waals surface area (Å²) in [5, 5.41) is 0. The second-order valence-electron chi connectivity index (χ2n) is 0.399. The van der Waals surface area contributed by atoms with Gasteiger partial charge in [0.05, 0.1) is 0 Å². The predicted octanol–water partition coefficient (Wildman–Crippen LogP) is 2.39. The number of rotatable bonds is 0. The molecule has 0 N–H and O–H groups in total. The predicted molar refractivity (Wildman–Crippen MR) is 24.0 cm³/mol. The quantitative estimate of drug-likeness (QED) is 0.509. The van der Waals surface area contributed by atoms with Crippen LogP contribution in [0.1, 0.15) is 0 Å². The van der Waals surface area contributed by atoms with E-state index in [0.717, 1.165) is 0 Å². The van der Waals surface area contributed by atoms with Crippen LogP contribution in [0.2, 0.25) is 0 Å². The molecule has 0 aliphatic rings. The van der Waals surface area contributed by atoms with Gasteiger partial charge in [-0.3, -0.25) is 0 Å². The van der Waals surface area contributed by atoms with Crippen LogP contribution in [0.15, 0.2) is 10.3 Å². The fourth-order valence-corrected chi connectivity index (χ4v) is 0. The molecule has 0 nitrogen and oxygen atoms in total. The molecule has 0 spiro atoms. The number of halogens is 3. The van der Waals surface area contributed by atoms with Crippen LogP contribution in [0.4, 0.5) is 4.39 Å². The van der Waals surface area contributed by atoms with Gasteiger partial charge in [0.15, 0.2) is 0 Å². The van der Waals surface area contributed by atoms with E-state index in [4.69, 9.17) is 11.6 Å². The van der Waals surface area contributed by atoms with Gasteiger partial charge in [0.1, 0.15) is 10.3 Å². The Labute approximate surface area is 42.8 Å². The van der Waals surface area contributed by atoms with E-state index < -0.39 is 0 Å². The zero-order valence-electron chi connectivity index (χ0n) is 2.21. The van der Waals surface area contributed by atoms with Crippen molar-refractivity contribution in [3.8, 4) is 0 Å². The van der Waals surface area contributed by atoms with Gasteiger partial charge in [0.2, 0.25) is 0 Å². The lowest BCUT2D eigenvalue weighted by molar-refractivity contribution is 0.722. The first kappa shape index (κ1) is 5.44. The van der Waals surface area contributed by atoms with Crippen LogP contribution in [0.3, 0.4) is 0 Å². The molecule has 0 amide bonds. The van der Waals surface area contributed by atoms with Gasteiger partial charge in [0.25, 0.3) is 0 Å². The summed E-state index contributed by atoms with van der Waals surface area (Å²) in [7, 11) is 0. The lowest BCUT2D eigenvalue weighted by Crippen LogP contribution is -1.34. The summed E-state index contributed by atoms with van der Waals surface area (Å²) in [6.45, 7) is 0. The van der Waals surface area contributed by atoms with Crippen LogP contribution >= 0.6 is 27.5 Å². The average molecular weight is 159 g/mol. The van der Waals surface area contributed by atoms with Crippen LogP contribution < -0.4 is 0 Å². The Hall–Kier alpha value is 0.440. The Morgan fingerprint density at radius 3 is 2.20 bits per heavy atom. The highest BCUT2D eigenvalue weighted by Crippen LogP contribution is 2.07. The zero-order chi connectivity index (χ0) is 4.28. The Bertz CT molecular complexity index is 47.6. The van der Waals surface area contributed by atoms with Crippen molar-refractivity contribution in [2.45, 2.75) is 0 Å². The number of hydrogen-bond acceptors (Lipinski definition) is 0. The smallest absolute Gasteiger partial charge is 0.112 e. The van der Waals surface area contributed by atoms with E-state index in [1.165, 1.54) is 0 Å². The Kier molecular flexibility index (Phi) is 2.90. The van der Waals surface area contributed by atoms with E-state index in [0.29, 0.717) is 0 Å². The molecule has 5 heavy (non-hydrogen) atoms. The number of hydrogen-bond donors (Lipinski definition) is 0. The summed E-state index contributed by atoms with van der Waals surface area (Å²) in [4.78, 5) is 0. The van der Waals surface area contributed by atoms with Crippen molar-refractivity contribution < 1.29 is 4.39 Å². The molecule has 0 heterocycles. The van der Waals surface area contributed by atoms with E-state index in [1.807, 2.05) is 0 Å². The summed E-state index contributed by atoms with van der Waals surface area (Å²) in [5.74, 6) is 0. The summed E-state index contributed by atoms with van der Waals surface area (Å²) in [5.41, 5.74) is 0. The molecular weight excluding hydrogens is 158 g/mol. The van der Waals surface area contributed by atoms with Crippen LogP contribution in [0.25, 0.3) is 0 Å². The minimum atomic E-state index is -0.00231. The van der Waals surface area contributed by atoms with Crippen LogP contribution in [-0.4, -0.2) is 0 Å². The van der Waals surface area contributed by atoms with Gasteiger partial charge >= 0.3 is 0 Å². The molecule has 0 saturated carbocycles. The molecule has 0 rings (SSSR count). The highest BCUT2D eigenvalue weighted by atomic mass is 79.9. The van der Waals surface area contributed by atoms with Crippen molar-refractivity contribution in [2.24, 2.45) is 0 Å². The van der Waals surface area contributed by atoms with Gasteiger partial charge in [-0.2, -0.15) is 0 Å². The third-order valence-corrected chi connectivity index (χ3v) is 0.338. The van der Waals surface area contributed by atoms with Crippen molar-refractivity contribution in [1.82, 2.24) is 0 Å². The first-order valence-corrected chi connectivity index (χ1v) is 2.06. The molecule has 0 aromatic rings. The summed E-state index contributed by atoms with van der Waals surface area (Å²) in [6.07, 6.45) is 0.265. The van der Waals surface area contributed by atoms with Gasteiger partial charge in [-0.15, -0.1) is 0 Å². The molecule has 0 aromatic carbocycles. The maximum absolute atomic E-state index is 10.8. The highest BCUT2D eigenvalue weighted by molar-refractivity contribution is 9.12. The van der Waals surface area contributed by atoms with Crippen LogP contribution in [-0.2, 0) is 0 Å². The molecule has 0 aliphatic carbocycles.